The van der Waals surface area contributed by atoms with Crippen molar-refractivity contribution in [3.63, 3.8) is 0 Å². The highest BCUT2D eigenvalue weighted by Gasteiger charge is 2.54. The van der Waals surface area contributed by atoms with Crippen molar-refractivity contribution >= 4 is 24.0 Å². The Labute approximate surface area is 197 Å². The van der Waals surface area contributed by atoms with Gasteiger partial charge in [0.25, 0.3) is 0 Å². The van der Waals surface area contributed by atoms with Gasteiger partial charge >= 0.3 is 0 Å². The second-order valence-electron chi connectivity index (χ2n) is 10.2. The molecule has 4 bridgehead atoms. The average molecular weight is 465 g/mol. The van der Waals surface area contributed by atoms with Crippen LogP contribution in [0.4, 0.5) is 5.69 Å². The van der Waals surface area contributed by atoms with Gasteiger partial charge in [-0.15, -0.1) is 12.4 Å². The molecule has 6 nitrogen and oxygen atoms in total. The molecule has 7 heteroatoms. The fourth-order valence-electron chi connectivity index (χ4n) is 6.81. The third-order valence-electron chi connectivity index (χ3n) is 7.92. The Morgan fingerprint density at radius 2 is 1.75 bits per heavy atom. The average Bonchev–Trinajstić information content (AvgIpc) is 2.77. The number of benzene rings is 1. The number of carbonyl (C=O) groups excluding carboxylic acids is 1. The minimum atomic E-state index is -0.142. The number of methoxy groups -OCH3 is 1. The van der Waals surface area contributed by atoms with Crippen LogP contribution in [0.3, 0.4) is 0 Å². The number of nitrogens with one attached hydrogen (secondary N) is 1. The predicted molar refractivity (Wildman–Crippen MR) is 127 cm³/mol. The Balaban J connectivity index is 0.00000245. The number of carbonyl (C=O) groups is 1. The molecule has 5 fully saturated rings. The molecule has 1 aromatic rings. The number of hydrogen-bond acceptors (Lipinski definition) is 5. The Hall–Kier alpha value is -1.50. The highest BCUT2D eigenvalue weighted by atomic mass is 35.5. The predicted octanol–water partition coefficient (Wildman–Crippen LogP) is 4.37. The zero-order chi connectivity index (χ0) is 21.3. The van der Waals surface area contributed by atoms with Crippen molar-refractivity contribution in [1.82, 2.24) is 4.90 Å². The molecule has 6 rings (SSSR count). The fraction of sp³-hybridized carbons (Fsp3) is 0.720. The summed E-state index contributed by atoms with van der Waals surface area (Å²) >= 11 is 0. The number of anilines is 1. The maximum absolute atomic E-state index is 13.3. The maximum Gasteiger partial charge on any atom is 0.230 e. The molecule has 1 saturated heterocycles. The largest absolute Gasteiger partial charge is 0.493 e. The van der Waals surface area contributed by atoms with Gasteiger partial charge in [0.15, 0.2) is 11.5 Å². The molecular weight excluding hydrogens is 428 g/mol. The highest BCUT2D eigenvalue weighted by Crippen LogP contribution is 2.60. The molecule has 1 heterocycles. The first-order chi connectivity index (χ1) is 15.1. The molecular formula is C25H37ClN2O4. The van der Waals surface area contributed by atoms with Crippen LogP contribution in [0, 0.1) is 23.2 Å². The summed E-state index contributed by atoms with van der Waals surface area (Å²) in [5.74, 6) is 3.92. The van der Waals surface area contributed by atoms with Crippen molar-refractivity contribution in [3.8, 4) is 11.5 Å². The van der Waals surface area contributed by atoms with Crippen LogP contribution in [0.1, 0.15) is 44.9 Å². The molecule has 5 aliphatic rings. The minimum Gasteiger partial charge on any atom is -0.493 e. The van der Waals surface area contributed by atoms with Crippen molar-refractivity contribution in [2.45, 2.75) is 44.9 Å². The normalized spacial score (nSPS) is 31.1. The molecule has 0 spiro atoms. The molecule has 4 aliphatic carbocycles. The number of halogens is 1. The van der Waals surface area contributed by atoms with E-state index in [4.69, 9.17) is 14.2 Å². The summed E-state index contributed by atoms with van der Waals surface area (Å²) in [5.41, 5.74) is 0.662. The van der Waals surface area contributed by atoms with Gasteiger partial charge in [-0.25, -0.2) is 0 Å². The number of morpholine rings is 1. The number of amides is 1. The van der Waals surface area contributed by atoms with E-state index in [0.29, 0.717) is 12.4 Å². The summed E-state index contributed by atoms with van der Waals surface area (Å²) in [7, 11) is 1.65. The minimum absolute atomic E-state index is 0. The van der Waals surface area contributed by atoms with Crippen molar-refractivity contribution in [1.29, 1.82) is 0 Å². The Bertz CT molecular complexity index is 761. The number of rotatable bonds is 8. The number of nitrogens with zero attached hydrogens (tertiary/aromatic N) is 1. The zero-order valence-electron chi connectivity index (χ0n) is 19.1. The third-order valence-corrected chi connectivity index (χ3v) is 7.92. The SMILES string of the molecule is COc1cc(NC(=O)C23CC4CC(CC(C4)C2)C3)ccc1OCCCN1CCOCC1.Cl. The first-order valence-electron chi connectivity index (χ1n) is 12.1. The standard InChI is InChI=1S/C25H36N2O4.ClH/c1-29-23-14-21(3-4-22(23)31-8-2-5-27-6-9-30-10-7-27)26-24(28)25-15-18-11-19(16-25)13-20(12-18)17-25;/h3-4,14,18-20H,2,5-13,15-17H2,1H3,(H,26,28);1H. The Morgan fingerprint density at radius 1 is 1.09 bits per heavy atom. The van der Waals surface area contributed by atoms with Gasteiger partial charge < -0.3 is 19.5 Å². The van der Waals surface area contributed by atoms with Crippen molar-refractivity contribution < 1.29 is 19.0 Å². The monoisotopic (exact) mass is 464 g/mol. The van der Waals surface area contributed by atoms with E-state index in [1.807, 2.05) is 18.2 Å². The summed E-state index contributed by atoms with van der Waals surface area (Å²) in [5, 5.41) is 3.22. The van der Waals surface area contributed by atoms with Gasteiger partial charge in [0, 0.05) is 31.4 Å². The topological polar surface area (TPSA) is 60.0 Å². The van der Waals surface area contributed by atoms with Crippen molar-refractivity contribution in [2.24, 2.45) is 23.2 Å². The summed E-state index contributed by atoms with van der Waals surface area (Å²) in [6, 6.07) is 5.76. The van der Waals surface area contributed by atoms with E-state index in [9.17, 15) is 4.79 Å². The van der Waals surface area contributed by atoms with Crippen molar-refractivity contribution in [3.05, 3.63) is 18.2 Å². The summed E-state index contributed by atoms with van der Waals surface area (Å²) in [6.07, 6.45) is 8.23. The van der Waals surface area contributed by atoms with Crippen LogP contribution in [0.5, 0.6) is 11.5 Å². The molecule has 0 atom stereocenters. The summed E-state index contributed by atoms with van der Waals surface area (Å²) < 4.78 is 16.9. The highest BCUT2D eigenvalue weighted by molar-refractivity contribution is 5.96. The van der Waals surface area contributed by atoms with Gasteiger partial charge in [-0.3, -0.25) is 9.69 Å². The van der Waals surface area contributed by atoms with Gasteiger partial charge in [0.1, 0.15) is 0 Å². The zero-order valence-corrected chi connectivity index (χ0v) is 20.0. The molecule has 4 saturated carbocycles. The molecule has 178 valence electrons. The van der Waals surface area contributed by atoms with Crippen LogP contribution in [0.15, 0.2) is 18.2 Å². The molecule has 1 amide bonds. The third kappa shape index (κ3) is 5.02. The van der Waals surface area contributed by atoms with Gasteiger partial charge in [-0.1, -0.05) is 0 Å². The second kappa shape index (κ2) is 10.2. The molecule has 1 aliphatic heterocycles. The van der Waals surface area contributed by atoms with Gasteiger partial charge in [-0.2, -0.15) is 0 Å². The number of hydrogen-bond donors (Lipinski definition) is 1. The van der Waals surface area contributed by atoms with E-state index in [-0.39, 0.29) is 23.7 Å². The molecule has 0 aromatic heterocycles. The quantitative estimate of drug-likeness (QED) is 0.579. The van der Waals surface area contributed by atoms with Crippen LogP contribution in [0.25, 0.3) is 0 Å². The van der Waals surface area contributed by atoms with Gasteiger partial charge in [0.2, 0.25) is 5.91 Å². The molecule has 1 N–H and O–H groups in total. The lowest BCUT2D eigenvalue weighted by atomic mass is 9.49. The van der Waals surface area contributed by atoms with E-state index in [1.54, 1.807) is 7.11 Å². The summed E-state index contributed by atoms with van der Waals surface area (Å²) in [4.78, 5) is 15.7. The van der Waals surface area contributed by atoms with Gasteiger partial charge in [-0.05, 0) is 74.8 Å². The molecule has 0 radical (unpaired) electrons. The fourth-order valence-corrected chi connectivity index (χ4v) is 6.81. The van der Waals surface area contributed by atoms with Gasteiger partial charge in [0.05, 0.1) is 32.3 Å². The molecule has 32 heavy (non-hydrogen) atoms. The van der Waals surface area contributed by atoms with E-state index >= 15 is 0 Å². The van der Waals surface area contributed by atoms with Crippen LogP contribution < -0.4 is 14.8 Å². The van der Waals surface area contributed by atoms with Crippen LogP contribution in [-0.2, 0) is 9.53 Å². The van der Waals surface area contributed by atoms with E-state index in [2.05, 4.69) is 10.2 Å². The Morgan fingerprint density at radius 3 is 2.38 bits per heavy atom. The van der Waals surface area contributed by atoms with Crippen LogP contribution >= 0.6 is 12.4 Å². The van der Waals surface area contributed by atoms with Crippen LogP contribution in [-0.4, -0.2) is 57.4 Å². The maximum atomic E-state index is 13.3. The first-order valence-corrected chi connectivity index (χ1v) is 12.1. The second-order valence-corrected chi connectivity index (χ2v) is 10.2. The lowest BCUT2D eigenvalue weighted by Gasteiger charge is -2.55. The first kappa shape index (κ1) is 23.7. The Kier molecular flexibility index (Phi) is 7.53. The molecule has 1 aromatic carbocycles. The van der Waals surface area contributed by atoms with E-state index in [1.165, 1.54) is 19.3 Å². The van der Waals surface area contributed by atoms with Crippen molar-refractivity contribution in [2.75, 3.05) is 51.9 Å². The lowest BCUT2D eigenvalue weighted by molar-refractivity contribution is -0.140. The molecule has 0 unspecified atom stereocenters. The lowest BCUT2D eigenvalue weighted by Crippen LogP contribution is -2.51. The summed E-state index contributed by atoms with van der Waals surface area (Å²) in [6.45, 7) is 5.32. The van der Waals surface area contributed by atoms with Crippen LogP contribution in [0.2, 0.25) is 0 Å². The number of ether oxygens (including phenoxy) is 3. The smallest absolute Gasteiger partial charge is 0.230 e. The van der Waals surface area contributed by atoms with E-state index in [0.717, 1.165) is 87.7 Å². The van der Waals surface area contributed by atoms with E-state index < -0.39 is 0 Å².